The van der Waals surface area contributed by atoms with Crippen molar-refractivity contribution in [2.45, 2.75) is 0 Å². The molecule has 0 unspecified atom stereocenters. The van der Waals surface area contributed by atoms with Crippen LogP contribution in [-0.2, 0) is 0 Å². The van der Waals surface area contributed by atoms with Gasteiger partial charge in [-0.1, -0.05) is 0 Å². The first kappa shape index (κ1) is 17.8. The Balaban J connectivity index is 1.39. The molecule has 27 heavy (non-hydrogen) atoms. The van der Waals surface area contributed by atoms with Crippen molar-refractivity contribution in [2.24, 2.45) is 0 Å². The van der Waals surface area contributed by atoms with E-state index in [1.54, 1.807) is 12.4 Å². The Morgan fingerprint density at radius 3 is 2.33 bits per heavy atom. The molecule has 6 nitrogen and oxygen atoms in total. The molecule has 0 spiro atoms. The van der Waals surface area contributed by atoms with Gasteiger partial charge < -0.3 is 9.80 Å². The van der Waals surface area contributed by atoms with Gasteiger partial charge in [-0.2, -0.15) is 0 Å². The van der Waals surface area contributed by atoms with Gasteiger partial charge in [0.05, 0.1) is 5.69 Å². The Kier molecular flexibility index (Phi) is 5.28. The number of halogens is 1. The number of anilines is 1. The first-order valence-corrected chi connectivity index (χ1v) is 9.82. The lowest BCUT2D eigenvalue weighted by molar-refractivity contribution is 0.0746. The maximum atomic E-state index is 12.6. The quantitative estimate of drug-likeness (QED) is 0.550. The van der Waals surface area contributed by atoms with E-state index < -0.39 is 0 Å². The number of aromatic nitrogens is 3. The molecule has 1 saturated heterocycles. The molecule has 0 radical (unpaired) electrons. The molecule has 1 aromatic carbocycles. The normalized spacial score (nSPS) is 14.3. The van der Waals surface area contributed by atoms with Gasteiger partial charge in [-0.05, 0) is 71.1 Å². The second kappa shape index (κ2) is 7.99. The lowest BCUT2D eigenvalue weighted by Gasteiger charge is -2.35. The summed E-state index contributed by atoms with van der Waals surface area (Å²) in [5.41, 5.74) is 2.49. The van der Waals surface area contributed by atoms with Crippen LogP contribution in [0.4, 0.5) is 5.82 Å². The molecule has 0 atom stereocenters. The van der Waals surface area contributed by atoms with Crippen LogP contribution in [0.2, 0.25) is 0 Å². The van der Waals surface area contributed by atoms with Crippen LogP contribution in [0.15, 0.2) is 60.9 Å². The van der Waals surface area contributed by atoms with Crippen molar-refractivity contribution in [2.75, 3.05) is 31.1 Å². The van der Waals surface area contributed by atoms with Gasteiger partial charge in [0, 0.05) is 53.3 Å². The smallest absolute Gasteiger partial charge is 0.253 e. The minimum atomic E-state index is 0.0871. The summed E-state index contributed by atoms with van der Waals surface area (Å²) in [7, 11) is 0. The number of carbonyl (C=O) groups excluding carboxylic acids is 1. The summed E-state index contributed by atoms with van der Waals surface area (Å²) >= 11 is 2.24. The number of hydrogen-bond donors (Lipinski definition) is 0. The highest BCUT2D eigenvalue weighted by atomic mass is 127. The molecule has 7 heteroatoms. The number of amides is 1. The molecule has 0 aliphatic carbocycles. The fourth-order valence-corrected chi connectivity index (χ4v) is 3.44. The molecule has 4 rings (SSSR count). The van der Waals surface area contributed by atoms with E-state index in [1.165, 1.54) is 0 Å². The third-order valence-electron chi connectivity index (χ3n) is 4.59. The number of piperazine rings is 1. The van der Waals surface area contributed by atoms with Crippen LogP contribution in [0.25, 0.3) is 11.3 Å². The summed E-state index contributed by atoms with van der Waals surface area (Å²) in [6, 6.07) is 15.5. The van der Waals surface area contributed by atoms with Crippen molar-refractivity contribution < 1.29 is 4.79 Å². The monoisotopic (exact) mass is 471 g/mol. The van der Waals surface area contributed by atoms with E-state index in [1.807, 2.05) is 53.4 Å². The van der Waals surface area contributed by atoms with Gasteiger partial charge >= 0.3 is 0 Å². The van der Waals surface area contributed by atoms with Gasteiger partial charge in [0.25, 0.3) is 5.91 Å². The van der Waals surface area contributed by atoms with Crippen molar-refractivity contribution in [3.05, 3.63) is 70.1 Å². The van der Waals surface area contributed by atoms with Gasteiger partial charge in [-0.15, -0.1) is 10.2 Å². The van der Waals surface area contributed by atoms with E-state index in [4.69, 9.17) is 0 Å². The lowest BCUT2D eigenvalue weighted by atomic mass is 10.2. The minimum absolute atomic E-state index is 0.0871. The van der Waals surface area contributed by atoms with E-state index >= 15 is 0 Å². The average molecular weight is 471 g/mol. The van der Waals surface area contributed by atoms with E-state index in [-0.39, 0.29) is 5.91 Å². The van der Waals surface area contributed by atoms with Crippen molar-refractivity contribution >= 4 is 34.3 Å². The van der Waals surface area contributed by atoms with Gasteiger partial charge in [-0.25, -0.2) is 0 Å². The van der Waals surface area contributed by atoms with Crippen LogP contribution in [0.1, 0.15) is 10.4 Å². The van der Waals surface area contributed by atoms with Crippen LogP contribution >= 0.6 is 22.6 Å². The second-order valence-corrected chi connectivity index (χ2v) is 7.55. The highest BCUT2D eigenvalue weighted by molar-refractivity contribution is 14.1. The minimum Gasteiger partial charge on any atom is -0.352 e. The maximum Gasteiger partial charge on any atom is 0.253 e. The number of carbonyl (C=O) groups is 1. The Hall–Kier alpha value is -2.55. The lowest BCUT2D eigenvalue weighted by Crippen LogP contribution is -2.49. The molecule has 1 aliphatic heterocycles. The van der Waals surface area contributed by atoms with Crippen LogP contribution in [0, 0.1) is 3.57 Å². The third-order valence-corrected chi connectivity index (χ3v) is 5.31. The van der Waals surface area contributed by atoms with Crippen molar-refractivity contribution in [1.82, 2.24) is 20.1 Å². The molecule has 0 N–H and O–H groups in total. The Bertz CT molecular complexity index is 907. The van der Waals surface area contributed by atoms with E-state index in [2.05, 4.69) is 42.7 Å². The number of hydrogen-bond acceptors (Lipinski definition) is 5. The van der Waals surface area contributed by atoms with Crippen LogP contribution < -0.4 is 4.90 Å². The average Bonchev–Trinajstić information content (AvgIpc) is 2.75. The molecule has 1 fully saturated rings. The third kappa shape index (κ3) is 4.08. The predicted molar refractivity (Wildman–Crippen MR) is 113 cm³/mol. The molecule has 0 bridgehead atoms. The fourth-order valence-electron chi connectivity index (χ4n) is 3.08. The number of rotatable bonds is 3. The number of pyridine rings is 1. The zero-order valence-corrected chi connectivity index (χ0v) is 16.8. The Labute approximate surface area is 171 Å². The van der Waals surface area contributed by atoms with Crippen molar-refractivity contribution in [1.29, 1.82) is 0 Å². The molecule has 136 valence electrons. The summed E-state index contributed by atoms with van der Waals surface area (Å²) in [4.78, 5) is 20.8. The highest BCUT2D eigenvalue weighted by Crippen LogP contribution is 2.19. The second-order valence-electron chi connectivity index (χ2n) is 6.30. The first-order chi connectivity index (χ1) is 13.2. The molecular weight excluding hydrogens is 453 g/mol. The van der Waals surface area contributed by atoms with Crippen LogP contribution in [-0.4, -0.2) is 52.2 Å². The predicted octanol–water partition coefficient (Wildman–Crippen LogP) is 3.11. The fraction of sp³-hybridized carbons (Fsp3) is 0.200. The zero-order valence-electron chi connectivity index (χ0n) is 14.6. The molecule has 2 aromatic heterocycles. The van der Waals surface area contributed by atoms with E-state index in [9.17, 15) is 4.79 Å². The van der Waals surface area contributed by atoms with Gasteiger partial charge in [0.15, 0.2) is 5.82 Å². The summed E-state index contributed by atoms with van der Waals surface area (Å²) in [5, 5.41) is 8.68. The molecule has 3 heterocycles. The van der Waals surface area contributed by atoms with Gasteiger partial charge in [0.2, 0.25) is 0 Å². The summed E-state index contributed by atoms with van der Waals surface area (Å²) < 4.78 is 1.13. The maximum absolute atomic E-state index is 12.6. The largest absolute Gasteiger partial charge is 0.352 e. The zero-order chi connectivity index (χ0) is 18.6. The summed E-state index contributed by atoms with van der Waals surface area (Å²) in [6.45, 7) is 2.85. The van der Waals surface area contributed by atoms with E-state index in [0.717, 1.165) is 39.3 Å². The number of nitrogens with zero attached hydrogens (tertiary/aromatic N) is 5. The van der Waals surface area contributed by atoms with Crippen LogP contribution in [0.5, 0.6) is 0 Å². The van der Waals surface area contributed by atoms with Crippen molar-refractivity contribution in [3.63, 3.8) is 0 Å². The SMILES string of the molecule is O=C(c1ccc(I)cc1)N1CCN(c2ccc(-c3cccnc3)nn2)CC1. The molecule has 3 aromatic rings. The van der Waals surface area contributed by atoms with Crippen LogP contribution in [0.3, 0.4) is 0 Å². The Morgan fingerprint density at radius 2 is 1.70 bits per heavy atom. The van der Waals surface area contributed by atoms with Crippen molar-refractivity contribution in [3.8, 4) is 11.3 Å². The van der Waals surface area contributed by atoms with Gasteiger partial charge in [0.1, 0.15) is 0 Å². The highest BCUT2D eigenvalue weighted by Gasteiger charge is 2.23. The number of benzene rings is 1. The van der Waals surface area contributed by atoms with E-state index in [0.29, 0.717) is 13.1 Å². The standard InChI is InChI=1S/C20H18IN5O/c21-17-5-3-15(4-6-17)20(27)26-12-10-25(11-13-26)19-8-7-18(23-24-19)16-2-1-9-22-14-16/h1-9,14H,10-13H2. The summed E-state index contributed by atoms with van der Waals surface area (Å²) in [5.74, 6) is 0.924. The topological polar surface area (TPSA) is 62.2 Å². The summed E-state index contributed by atoms with van der Waals surface area (Å²) in [6.07, 6.45) is 3.51. The molecule has 1 amide bonds. The first-order valence-electron chi connectivity index (χ1n) is 8.74. The molecule has 0 saturated carbocycles. The Morgan fingerprint density at radius 1 is 0.926 bits per heavy atom. The molecule has 1 aliphatic rings. The molecular formula is C20H18IN5O. The van der Waals surface area contributed by atoms with Gasteiger partial charge in [-0.3, -0.25) is 9.78 Å².